The molecule has 154 valence electrons. The molecule has 1 aliphatic rings. The molecule has 0 aliphatic carbocycles. The molecule has 1 aromatic heterocycles. The van der Waals surface area contributed by atoms with Crippen LogP contribution >= 0.6 is 0 Å². The molecule has 7 nitrogen and oxygen atoms in total. The standard InChI is InChI=1S/C22H26N2O5/c1-5-28-21(26)18-13(2)19(23-14(18)3)22(27)29-15(4)20(25)24-12-8-10-16-9-6-7-11-17(16)24/h6-7,9,11,15,23H,5,8,10,12H2,1-4H3. The van der Waals surface area contributed by atoms with Crippen LogP contribution in [0.1, 0.15) is 57.9 Å². The number of aromatic amines is 1. The van der Waals surface area contributed by atoms with Crippen molar-refractivity contribution in [3.63, 3.8) is 0 Å². The summed E-state index contributed by atoms with van der Waals surface area (Å²) in [5, 5.41) is 0. The summed E-state index contributed by atoms with van der Waals surface area (Å²) in [6.07, 6.45) is 0.829. The highest BCUT2D eigenvalue weighted by molar-refractivity contribution is 6.01. The van der Waals surface area contributed by atoms with Gasteiger partial charge in [-0.2, -0.15) is 0 Å². The lowest BCUT2D eigenvalue weighted by Gasteiger charge is -2.31. The number of aromatic nitrogens is 1. The molecule has 1 N–H and O–H groups in total. The number of H-pyrrole nitrogens is 1. The summed E-state index contributed by atoms with van der Waals surface area (Å²) in [6.45, 7) is 7.46. The lowest BCUT2D eigenvalue weighted by molar-refractivity contribution is -0.126. The number of hydrogen-bond acceptors (Lipinski definition) is 5. The second-order valence-corrected chi connectivity index (χ2v) is 7.12. The van der Waals surface area contributed by atoms with Gasteiger partial charge in [-0.3, -0.25) is 4.79 Å². The smallest absolute Gasteiger partial charge is 0.355 e. The number of esters is 2. The molecule has 2 heterocycles. The summed E-state index contributed by atoms with van der Waals surface area (Å²) in [5.74, 6) is -1.43. The van der Waals surface area contributed by atoms with Gasteiger partial charge in [0.25, 0.3) is 5.91 Å². The van der Waals surface area contributed by atoms with E-state index in [-0.39, 0.29) is 18.2 Å². The molecule has 0 saturated carbocycles. The van der Waals surface area contributed by atoms with Crippen molar-refractivity contribution in [1.29, 1.82) is 0 Å². The average Bonchev–Trinajstić information content (AvgIpc) is 3.01. The van der Waals surface area contributed by atoms with Crippen LogP contribution in [0.3, 0.4) is 0 Å². The monoisotopic (exact) mass is 398 g/mol. The number of amides is 1. The Bertz CT molecular complexity index is 947. The maximum atomic E-state index is 12.9. The quantitative estimate of drug-likeness (QED) is 0.781. The summed E-state index contributed by atoms with van der Waals surface area (Å²) in [5.41, 5.74) is 3.43. The maximum Gasteiger partial charge on any atom is 0.355 e. The van der Waals surface area contributed by atoms with Crippen LogP contribution in [-0.2, 0) is 20.7 Å². The summed E-state index contributed by atoms with van der Waals surface area (Å²) in [7, 11) is 0. The normalized spacial score (nSPS) is 14.1. The second-order valence-electron chi connectivity index (χ2n) is 7.12. The van der Waals surface area contributed by atoms with Crippen molar-refractivity contribution in [3.05, 3.63) is 52.3 Å². The van der Waals surface area contributed by atoms with Crippen LogP contribution in [0.15, 0.2) is 24.3 Å². The van der Waals surface area contributed by atoms with Crippen molar-refractivity contribution in [2.75, 3.05) is 18.1 Å². The van der Waals surface area contributed by atoms with Gasteiger partial charge in [-0.25, -0.2) is 9.59 Å². The van der Waals surface area contributed by atoms with E-state index in [9.17, 15) is 14.4 Å². The third-order valence-corrected chi connectivity index (χ3v) is 5.13. The number of fused-ring (bicyclic) bond motifs is 1. The van der Waals surface area contributed by atoms with Crippen LogP contribution in [0.2, 0.25) is 0 Å². The number of ether oxygens (including phenoxy) is 2. The summed E-state index contributed by atoms with van der Waals surface area (Å²) >= 11 is 0. The zero-order chi connectivity index (χ0) is 21.1. The molecule has 1 aliphatic heterocycles. The van der Waals surface area contributed by atoms with E-state index in [0.717, 1.165) is 24.1 Å². The largest absolute Gasteiger partial charge is 0.462 e. The first kappa shape index (κ1) is 20.6. The predicted molar refractivity (Wildman–Crippen MR) is 108 cm³/mol. The van der Waals surface area contributed by atoms with E-state index >= 15 is 0 Å². The lowest BCUT2D eigenvalue weighted by atomic mass is 10.0. The highest BCUT2D eigenvalue weighted by Crippen LogP contribution is 2.28. The van der Waals surface area contributed by atoms with Gasteiger partial charge in [0.15, 0.2) is 6.10 Å². The third-order valence-electron chi connectivity index (χ3n) is 5.13. The number of carbonyl (C=O) groups excluding carboxylic acids is 3. The number of anilines is 1. The molecular formula is C22H26N2O5. The molecule has 2 aromatic rings. The summed E-state index contributed by atoms with van der Waals surface area (Å²) in [6, 6.07) is 7.76. The van der Waals surface area contributed by atoms with Crippen molar-refractivity contribution < 1.29 is 23.9 Å². The van der Waals surface area contributed by atoms with Gasteiger partial charge >= 0.3 is 11.9 Å². The van der Waals surface area contributed by atoms with Crippen molar-refractivity contribution in [2.24, 2.45) is 0 Å². The molecule has 1 atom stereocenters. The Balaban J connectivity index is 1.76. The maximum absolute atomic E-state index is 12.9. The van der Waals surface area contributed by atoms with E-state index in [1.807, 2.05) is 24.3 Å². The first-order chi connectivity index (χ1) is 13.8. The third kappa shape index (κ3) is 4.04. The van der Waals surface area contributed by atoms with Crippen molar-refractivity contribution in [2.45, 2.75) is 46.6 Å². The zero-order valence-electron chi connectivity index (χ0n) is 17.2. The van der Waals surface area contributed by atoms with E-state index in [1.165, 1.54) is 0 Å². The number of aryl methyl sites for hydroxylation is 2. The molecule has 29 heavy (non-hydrogen) atoms. The molecule has 0 spiro atoms. The van der Waals surface area contributed by atoms with Gasteiger partial charge in [-0.05, 0) is 57.7 Å². The number of para-hydroxylation sites is 1. The van der Waals surface area contributed by atoms with Crippen LogP contribution in [-0.4, -0.2) is 42.1 Å². The van der Waals surface area contributed by atoms with Gasteiger partial charge < -0.3 is 19.4 Å². The number of hydrogen-bond donors (Lipinski definition) is 1. The van der Waals surface area contributed by atoms with Gasteiger partial charge in [-0.15, -0.1) is 0 Å². The SMILES string of the molecule is CCOC(=O)c1c(C)[nH]c(C(=O)OC(C)C(=O)N2CCCc3ccccc32)c1C. The Hall–Kier alpha value is -3.09. The van der Waals surface area contributed by atoms with Crippen LogP contribution in [0.5, 0.6) is 0 Å². The van der Waals surface area contributed by atoms with Crippen molar-refractivity contribution in [3.8, 4) is 0 Å². The number of nitrogens with zero attached hydrogens (tertiary/aromatic N) is 1. The fraction of sp³-hybridized carbons (Fsp3) is 0.409. The number of benzene rings is 1. The minimum absolute atomic E-state index is 0.157. The Morgan fingerprint density at radius 1 is 1.17 bits per heavy atom. The highest BCUT2D eigenvalue weighted by atomic mass is 16.5. The predicted octanol–water partition coefficient (Wildman–Crippen LogP) is 3.33. The zero-order valence-corrected chi connectivity index (χ0v) is 17.2. The Labute approximate surface area is 170 Å². The molecule has 3 rings (SSSR count). The van der Waals surface area contributed by atoms with E-state index in [0.29, 0.717) is 23.4 Å². The van der Waals surface area contributed by atoms with Gasteiger partial charge in [0.1, 0.15) is 5.69 Å². The summed E-state index contributed by atoms with van der Waals surface area (Å²) < 4.78 is 10.5. The Morgan fingerprint density at radius 2 is 1.90 bits per heavy atom. The molecule has 1 amide bonds. The van der Waals surface area contributed by atoms with Gasteiger partial charge in [0.05, 0.1) is 12.2 Å². The Kier molecular flexibility index (Phi) is 6.06. The van der Waals surface area contributed by atoms with Gasteiger partial charge in [-0.1, -0.05) is 18.2 Å². The molecule has 0 fully saturated rings. The second kappa shape index (κ2) is 8.51. The average molecular weight is 398 g/mol. The van der Waals surface area contributed by atoms with Crippen molar-refractivity contribution >= 4 is 23.5 Å². The number of carbonyl (C=O) groups is 3. The van der Waals surface area contributed by atoms with Crippen LogP contribution < -0.4 is 4.90 Å². The minimum atomic E-state index is -0.956. The Morgan fingerprint density at radius 3 is 2.62 bits per heavy atom. The van der Waals surface area contributed by atoms with Gasteiger partial charge in [0, 0.05) is 17.9 Å². The van der Waals surface area contributed by atoms with E-state index in [2.05, 4.69) is 4.98 Å². The fourth-order valence-corrected chi connectivity index (χ4v) is 3.72. The van der Waals surface area contributed by atoms with Crippen molar-refractivity contribution in [1.82, 2.24) is 4.98 Å². The van der Waals surface area contributed by atoms with Gasteiger partial charge in [0.2, 0.25) is 0 Å². The molecule has 1 unspecified atom stereocenters. The molecule has 1 aromatic carbocycles. The van der Waals surface area contributed by atoms with Crippen LogP contribution in [0.4, 0.5) is 5.69 Å². The lowest BCUT2D eigenvalue weighted by Crippen LogP contribution is -2.42. The molecule has 0 radical (unpaired) electrons. The molecule has 7 heteroatoms. The first-order valence-electron chi connectivity index (χ1n) is 9.81. The van der Waals surface area contributed by atoms with Crippen LogP contribution in [0, 0.1) is 13.8 Å². The van der Waals surface area contributed by atoms with E-state index in [1.54, 1.807) is 32.6 Å². The summed E-state index contributed by atoms with van der Waals surface area (Å²) in [4.78, 5) is 42.3. The fourth-order valence-electron chi connectivity index (χ4n) is 3.72. The van der Waals surface area contributed by atoms with E-state index in [4.69, 9.17) is 9.47 Å². The highest BCUT2D eigenvalue weighted by Gasteiger charge is 2.30. The topological polar surface area (TPSA) is 88.7 Å². The first-order valence-corrected chi connectivity index (χ1v) is 9.81. The molecular weight excluding hydrogens is 372 g/mol. The van der Waals surface area contributed by atoms with Crippen LogP contribution in [0.25, 0.3) is 0 Å². The number of rotatable bonds is 5. The number of nitrogens with one attached hydrogen (secondary N) is 1. The molecule has 0 bridgehead atoms. The molecule has 0 saturated heterocycles. The van der Waals surface area contributed by atoms with E-state index < -0.39 is 18.0 Å². The minimum Gasteiger partial charge on any atom is -0.462 e.